The lowest BCUT2D eigenvalue weighted by Crippen LogP contribution is -1.98. The fourth-order valence-electron chi connectivity index (χ4n) is 0.700. The fraction of sp³-hybridized carbons (Fsp3) is 0.250. The van der Waals surface area contributed by atoms with Crippen molar-refractivity contribution in [3.05, 3.63) is 35.0 Å². The van der Waals surface area contributed by atoms with Crippen molar-refractivity contribution in [1.29, 1.82) is 0 Å². The van der Waals surface area contributed by atoms with Crippen LogP contribution in [-0.2, 0) is 0 Å². The molecule has 0 amide bonds. The van der Waals surface area contributed by atoms with Gasteiger partial charge in [-0.15, -0.1) is 6.54 Å². The molecule has 0 spiro atoms. The van der Waals surface area contributed by atoms with E-state index in [2.05, 4.69) is 0 Å². The first-order chi connectivity index (χ1) is 5.33. The summed E-state index contributed by atoms with van der Waals surface area (Å²) in [5.41, 5.74) is 6.84. The van der Waals surface area contributed by atoms with Gasteiger partial charge in [0, 0.05) is 5.02 Å². The molecule has 0 aliphatic rings. The molecular weight excluding hydrogens is 162 g/mol. The number of hydrogen-bond acceptors (Lipinski definition) is 1. The number of ether oxygens (including phenoxy) is 1. The van der Waals surface area contributed by atoms with E-state index in [0.29, 0.717) is 11.6 Å². The summed E-state index contributed by atoms with van der Waals surface area (Å²) < 4.78 is 5.16. The minimum atomic E-state index is 0.280. The van der Waals surface area contributed by atoms with Crippen molar-refractivity contribution in [3.63, 3.8) is 0 Å². The lowest BCUT2D eigenvalue weighted by Gasteiger charge is -2.05. The van der Waals surface area contributed by atoms with Gasteiger partial charge >= 0.3 is 0 Å². The molecule has 0 aliphatic heterocycles. The Morgan fingerprint density at radius 2 is 1.91 bits per heavy atom. The number of nitrogens with one attached hydrogen (secondary N) is 1. The monoisotopic (exact) mass is 170 g/mol. The Hall–Kier alpha value is -0.730. The van der Waals surface area contributed by atoms with E-state index in [1.54, 1.807) is 24.3 Å². The largest absolute Gasteiger partial charge is 0.675 e. The number of hydrogen-bond donors (Lipinski definition) is 0. The van der Waals surface area contributed by atoms with Gasteiger partial charge in [-0.3, -0.25) is 0 Å². The minimum Gasteiger partial charge on any atom is -0.675 e. The summed E-state index contributed by atoms with van der Waals surface area (Å²) in [7, 11) is 0. The SMILES string of the molecule is [NH-]CCOc1ccc(Cl)cc1. The van der Waals surface area contributed by atoms with E-state index in [9.17, 15) is 0 Å². The smallest absolute Gasteiger partial charge is 0.119 e. The second-order valence-corrected chi connectivity index (χ2v) is 2.49. The lowest BCUT2D eigenvalue weighted by atomic mass is 10.3. The topological polar surface area (TPSA) is 33.0 Å². The van der Waals surface area contributed by atoms with Gasteiger partial charge < -0.3 is 10.5 Å². The molecule has 0 bridgehead atoms. The maximum absolute atomic E-state index is 6.84. The van der Waals surface area contributed by atoms with Gasteiger partial charge in [0.05, 0.1) is 6.61 Å². The number of halogens is 1. The highest BCUT2D eigenvalue weighted by Crippen LogP contribution is 2.14. The van der Waals surface area contributed by atoms with Crippen LogP contribution in [0.4, 0.5) is 0 Å². The summed E-state index contributed by atoms with van der Waals surface area (Å²) in [6, 6.07) is 7.11. The third-order valence-corrected chi connectivity index (χ3v) is 1.44. The van der Waals surface area contributed by atoms with Gasteiger partial charge in [0.15, 0.2) is 0 Å². The van der Waals surface area contributed by atoms with Gasteiger partial charge in [-0.25, -0.2) is 0 Å². The highest BCUT2D eigenvalue weighted by atomic mass is 35.5. The maximum Gasteiger partial charge on any atom is 0.119 e. The zero-order valence-corrected chi connectivity index (χ0v) is 6.77. The fourth-order valence-corrected chi connectivity index (χ4v) is 0.826. The van der Waals surface area contributed by atoms with E-state index >= 15 is 0 Å². The Morgan fingerprint density at radius 1 is 1.27 bits per heavy atom. The molecule has 0 saturated heterocycles. The molecule has 0 aliphatic carbocycles. The standard InChI is InChI=1S/C8H9ClNO/c9-7-1-3-8(4-2-7)11-6-5-10/h1-4,10H,5-6H2/q-1. The molecule has 0 radical (unpaired) electrons. The van der Waals surface area contributed by atoms with E-state index in [1.165, 1.54) is 0 Å². The average Bonchev–Trinajstić information content (AvgIpc) is 2.04. The van der Waals surface area contributed by atoms with E-state index in [0.717, 1.165) is 5.75 Å². The van der Waals surface area contributed by atoms with Gasteiger partial charge in [-0.1, -0.05) is 11.6 Å². The molecule has 0 atom stereocenters. The Kier molecular flexibility index (Phi) is 3.20. The third kappa shape index (κ3) is 2.78. The molecule has 1 aromatic carbocycles. The number of benzene rings is 1. The van der Waals surface area contributed by atoms with Gasteiger partial charge in [0.2, 0.25) is 0 Å². The van der Waals surface area contributed by atoms with Crippen molar-refractivity contribution in [1.82, 2.24) is 0 Å². The zero-order chi connectivity index (χ0) is 8.10. The molecule has 3 heteroatoms. The van der Waals surface area contributed by atoms with Crippen LogP contribution in [0.5, 0.6) is 5.75 Å². The van der Waals surface area contributed by atoms with Crippen molar-refractivity contribution in [3.8, 4) is 5.75 Å². The highest BCUT2D eigenvalue weighted by molar-refractivity contribution is 6.30. The van der Waals surface area contributed by atoms with Crippen LogP contribution >= 0.6 is 11.6 Å². The molecule has 0 fully saturated rings. The summed E-state index contributed by atoms with van der Waals surface area (Å²) in [5.74, 6) is 0.765. The molecule has 60 valence electrons. The van der Waals surface area contributed by atoms with E-state index < -0.39 is 0 Å². The molecule has 11 heavy (non-hydrogen) atoms. The Morgan fingerprint density at radius 3 is 2.45 bits per heavy atom. The molecule has 2 nitrogen and oxygen atoms in total. The molecule has 0 saturated carbocycles. The van der Waals surface area contributed by atoms with E-state index in [-0.39, 0.29) is 6.54 Å². The van der Waals surface area contributed by atoms with Crippen LogP contribution < -0.4 is 4.74 Å². The Bertz CT molecular complexity index is 210. The quantitative estimate of drug-likeness (QED) is 0.687. The second-order valence-electron chi connectivity index (χ2n) is 2.05. The molecular formula is C8H9ClNO-. The van der Waals surface area contributed by atoms with Crippen molar-refractivity contribution in [2.45, 2.75) is 0 Å². The van der Waals surface area contributed by atoms with Crippen molar-refractivity contribution in [2.75, 3.05) is 13.2 Å². The van der Waals surface area contributed by atoms with Gasteiger partial charge in [-0.2, -0.15) is 0 Å². The van der Waals surface area contributed by atoms with E-state index in [4.69, 9.17) is 22.1 Å². The summed E-state index contributed by atoms with van der Waals surface area (Å²) in [6.07, 6.45) is 0. The summed E-state index contributed by atoms with van der Waals surface area (Å²) in [5, 5.41) is 0.697. The first kappa shape index (κ1) is 8.37. The molecule has 0 heterocycles. The van der Waals surface area contributed by atoms with Crippen molar-refractivity contribution in [2.24, 2.45) is 0 Å². The minimum absolute atomic E-state index is 0.280. The van der Waals surface area contributed by atoms with Gasteiger partial charge in [0.1, 0.15) is 5.75 Å². The molecule has 0 aromatic heterocycles. The van der Waals surface area contributed by atoms with Gasteiger partial charge in [0.25, 0.3) is 0 Å². The first-order valence-electron chi connectivity index (χ1n) is 3.36. The summed E-state index contributed by atoms with van der Waals surface area (Å²) in [4.78, 5) is 0. The van der Waals surface area contributed by atoms with Crippen LogP contribution in [0.15, 0.2) is 24.3 Å². The Balaban J connectivity index is 2.52. The first-order valence-corrected chi connectivity index (χ1v) is 3.73. The lowest BCUT2D eigenvalue weighted by molar-refractivity contribution is 0.337. The molecule has 1 aromatic rings. The van der Waals surface area contributed by atoms with Crippen LogP contribution in [0.25, 0.3) is 5.73 Å². The Labute approximate surface area is 70.9 Å². The van der Waals surface area contributed by atoms with Crippen LogP contribution in [0.1, 0.15) is 0 Å². The van der Waals surface area contributed by atoms with Crippen molar-refractivity contribution >= 4 is 11.6 Å². The normalized spacial score (nSPS) is 9.64. The van der Waals surface area contributed by atoms with Crippen LogP contribution in [0.2, 0.25) is 5.02 Å². The molecule has 0 unspecified atom stereocenters. The van der Waals surface area contributed by atoms with Crippen molar-refractivity contribution < 1.29 is 4.74 Å². The second kappa shape index (κ2) is 4.21. The van der Waals surface area contributed by atoms with Crippen LogP contribution in [0, 0.1) is 0 Å². The molecule has 1 N–H and O–H groups in total. The molecule has 1 rings (SSSR count). The summed E-state index contributed by atoms with van der Waals surface area (Å²) >= 11 is 5.65. The highest BCUT2D eigenvalue weighted by Gasteiger charge is 1.89. The zero-order valence-electron chi connectivity index (χ0n) is 6.01. The van der Waals surface area contributed by atoms with E-state index in [1.807, 2.05) is 0 Å². The third-order valence-electron chi connectivity index (χ3n) is 1.18. The predicted octanol–water partition coefficient (Wildman–Crippen LogP) is 2.77. The maximum atomic E-state index is 6.84. The number of rotatable bonds is 3. The van der Waals surface area contributed by atoms with Gasteiger partial charge in [-0.05, 0) is 24.3 Å². The van der Waals surface area contributed by atoms with Crippen LogP contribution in [-0.4, -0.2) is 13.2 Å². The average molecular weight is 171 g/mol. The van der Waals surface area contributed by atoms with Crippen LogP contribution in [0.3, 0.4) is 0 Å². The predicted molar refractivity (Wildman–Crippen MR) is 46.1 cm³/mol. The summed E-state index contributed by atoms with van der Waals surface area (Å²) in [6.45, 7) is 0.713.